The summed E-state index contributed by atoms with van der Waals surface area (Å²) in [6.45, 7) is 0. The van der Waals surface area contributed by atoms with Crippen LogP contribution in [0.15, 0.2) is 121 Å². The minimum Gasteiger partial charge on any atom is -0.402 e. The summed E-state index contributed by atoms with van der Waals surface area (Å²) in [4.78, 5) is 0. The van der Waals surface area contributed by atoms with Crippen molar-refractivity contribution in [3.63, 3.8) is 0 Å². The molecule has 4 heteroatoms. The molecular weight excluding hydrogens is 419 g/mol. The van der Waals surface area contributed by atoms with Crippen LogP contribution < -0.4 is 0 Å². The summed E-state index contributed by atoms with van der Waals surface area (Å²) in [5, 5.41) is 29.4. The summed E-state index contributed by atoms with van der Waals surface area (Å²) in [5.74, 6) is 0. The molecule has 34 heavy (non-hydrogen) atoms. The lowest BCUT2D eigenvalue weighted by molar-refractivity contribution is 0.278. The molecule has 0 saturated heterocycles. The largest absolute Gasteiger partial charge is 0.631 e. The van der Waals surface area contributed by atoms with E-state index in [9.17, 15) is 0 Å². The van der Waals surface area contributed by atoms with E-state index in [1.807, 2.05) is 0 Å². The first-order chi connectivity index (χ1) is 16.6. The number of fused-ring (bicyclic) bond motifs is 6. The van der Waals surface area contributed by atoms with Crippen molar-refractivity contribution in [1.29, 1.82) is 0 Å². The maximum absolute atomic E-state index is 7.17. The zero-order valence-electron chi connectivity index (χ0n) is 18.5. The van der Waals surface area contributed by atoms with Crippen LogP contribution in [0, 0.1) is 0 Å². The maximum atomic E-state index is 7.17. The molecule has 0 atom stereocenters. The second-order valence-corrected chi connectivity index (χ2v) is 8.08. The second-order valence-electron chi connectivity index (χ2n) is 8.08. The second kappa shape index (κ2) is 9.50. The van der Waals surface area contributed by atoms with Gasteiger partial charge in [-0.3, -0.25) is 0 Å². The van der Waals surface area contributed by atoms with E-state index in [0.717, 1.165) is 0 Å². The lowest BCUT2D eigenvalue weighted by atomic mass is 9.87. The first-order valence-electron chi connectivity index (χ1n) is 11.2. The summed E-state index contributed by atoms with van der Waals surface area (Å²) < 4.78 is 0. The Morgan fingerprint density at radius 2 is 0.735 bits per heavy atom. The zero-order valence-corrected chi connectivity index (χ0v) is 18.5. The molecule has 0 fully saturated rings. The SMILES string of the molecule is OB(O)O.c1ccc(-c2ccccc2-c2cccc3c4ccccc4c4ccccc4c23)cc1. The molecule has 0 unspecified atom stereocenters. The summed E-state index contributed by atoms with van der Waals surface area (Å²) in [5.41, 5.74) is 5.07. The summed E-state index contributed by atoms with van der Waals surface area (Å²) in [6.07, 6.45) is 0. The van der Waals surface area contributed by atoms with Gasteiger partial charge in [0.05, 0.1) is 0 Å². The van der Waals surface area contributed by atoms with Crippen molar-refractivity contribution in [3.8, 4) is 22.3 Å². The van der Waals surface area contributed by atoms with E-state index in [0.29, 0.717) is 0 Å². The Morgan fingerprint density at radius 1 is 0.353 bits per heavy atom. The molecule has 164 valence electrons. The Morgan fingerprint density at radius 3 is 1.32 bits per heavy atom. The van der Waals surface area contributed by atoms with Gasteiger partial charge >= 0.3 is 7.32 Å². The lowest BCUT2D eigenvalue weighted by Crippen LogP contribution is -2.07. The van der Waals surface area contributed by atoms with E-state index in [1.165, 1.54) is 54.6 Å². The minimum absolute atomic E-state index is 1.25. The molecule has 0 amide bonds. The Kier molecular flexibility index (Phi) is 6.11. The van der Waals surface area contributed by atoms with Crippen LogP contribution in [0.5, 0.6) is 0 Å². The monoisotopic (exact) mass is 442 g/mol. The van der Waals surface area contributed by atoms with E-state index in [2.05, 4.69) is 121 Å². The minimum atomic E-state index is -2.17. The maximum Gasteiger partial charge on any atom is 0.631 e. The Bertz CT molecular complexity index is 1550. The molecule has 0 spiro atoms. The van der Waals surface area contributed by atoms with Gasteiger partial charge in [0.2, 0.25) is 0 Å². The van der Waals surface area contributed by atoms with E-state index >= 15 is 0 Å². The van der Waals surface area contributed by atoms with Crippen molar-refractivity contribution in [2.75, 3.05) is 0 Å². The number of benzene rings is 6. The molecule has 6 aromatic carbocycles. The number of hydrogen-bond acceptors (Lipinski definition) is 3. The van der Waals surface area contributed by atoms with Gasteiger partial charge in [0.1, 0.15) is 0 Å². The molecule has 0 saturated carbocycles. The first kappa shape index (κ1) is 21.9. The third-order valence-corrected chi connectivity index (χ3v) is 6.07. The fraction of sp³-hybridized carbons (Fsp3) is 0. The third-order valence-electron chi connectivity index (χ3n) is 6.07. The number of hydrogen-bond donors (Lipinski definition) is 3. The molecule has 6 rings (SSSR count). The van der Waals surface area contributed by atoms with Gasteiger partial charge in [-0.1, -0.05) is 121 Å². The Labute approximate surface area is 198 Å². The normalized spacial score (nSPS) is 10.8. The quantitative estimate of drug-likeness (QED) is 0.214. The lowest BCUT2D eigenvalue weighted by Gasteiger charge is -2.16. The summed E-state index contributed by atoms with van der Waals surface area (Å²) in [6, 6.07) is 43.7. The van der Waals surface area contributed by atoms with Gasteiger partial charge in [-0.2, -0.15) is 0 Å². The fourth-order valence-electron chi connectivity index (χ4n) is 4.77. The molecule has 0 aliphatic carbocycles. The van der Waals surface area contributed by atoms with E-state index in [1.54, 1.807) is 0 Å². The predicted octanol–water partition coefficient (Wildman–Crippen LogP) is 6.43. The van der Waals surface area contributed by atoms with E-state index < -0.39 is 7.32 Å². The standard InChI is InChI=1S/C30H20.BH3O3/c1-2-11-21(12-3-1)22-13-4-5-14-23(22)28-19-10-20-29-26-16-7-6-15-24(26)25-17-8-9-18-27(25)30(28)29;2-1(3)4/h1-20H;2-4H. The van der Waals surface area contributed by atoms with Gasteiger partial charge in [0.25, 0.3) is 0 Å². The third kappa shape index (κ3) is 4.06. The van der Waals surface area contributed by atoms with Crippen LogP contribution in [0.25, 0.3) is 54.6 Å². The molecule has 6 aromatic rings. The van der Waals surface area contributed by atoms with Gasteiger partial charge in [0, 0.05) is 0 Å². The fourth-order valence-corrected chi connectivity index (χ4v) is 4.77. The van der Waals surface area contributed by atoms with Crippen LogP contribution in [0.4, 0.5) is 0 Å². The Hall–Kier alpha value is -3.96. The number of rotatable bonds is 2. The van der Waals surface area contributed by atoms with Crippen molar-refractivity contribution >= 4 is 39.6 Å². The molecule has 0 bridgehead atoms. The van der Waals surface area contributed by atoms with Gasteiger partial charge < -0.3 is 15.1 Å². The van der Waals surface area contributed by atoms with Crippen LogP contribution in [0.3, 0.4) is 0 Å². The van der Waals surface area contributed by atoms with Gasteiger partial charge in [-0.15, -0.1) is 0 Å². The van der Waals surface area contributed by atoms with Gasteiger partial charge in [-0.05, 0) is 54.6 Å². The highest BCUT2D eigenvalue weighted by Crippen LogP contribution is 2.42. The van der Waals surface area contributed by atoms with Crippen LogP contribution >= 0.6 is 0 Å². The molecule has 0 aliphatic heterocycles. The highest BCUT2D eigenvalue weighted by Gasteiger charge is 2.14. The van der Waals surface area contributed by atoms with Crippen LogP contribution in [0.1, 0.15) is 0 Å². The van der Waals surface area contributed by atoms with Crippen LogP contribution in [-0.2, 0) is 0 Å². The average molecular weight is 442 g/mol. The molecule has 3 nitrogen and oxygen atoms in total. The highest BCUT2D eigenvalue weighted by atomic mass is 16.5. The molecule has 0 heterocycles. The molecule has 0 aromatic heterocycles. The van der Waals surface area contributed by atoms with Crippen LogP contribution in [0.2, 0.25) is 0 Å². The van der Waals surface area contributed by atoms with E-state index in [4.69, 9.17) is 15.1 Å². The summed E-state index contributed by atoms with van der Waals surface area (Å²) in [7, 11) is -2.17. The van der Waals surface area contributed by atoms with Crippen molar-refractivity contribution in [1.82, 2.24) is 0 Å². The van der Waals surface area contributed by atoms with Crippen molar-refractivity contribution in [3.05, 3.63) is 121 Å². The van der Waals surface area contributed by atoms with Crippen molar-refractivity contribution < 1.29 is 15.1 Å². The van der Waals surface area contributed by atoms with Crippen molar-refractivity contribution in [2.24, 2.45) is 0 Å². The average Bonchev–Trinajstić information content (AvgIpc) is 2.89. The molecule has 0 aliphatic rings. The molecule has 3 N–H and O–H groups in total. The highest BCUT2D eigenvalue weighted by molar-refractivity contribution is 6.30. The predicted molar refractivity (Wildman–Crippen MR) is 142 cm³/mol. The topological polar surface area (TPSA) is 60.7 Å². The van der Waals surface area contributed by atoms with Crippen molar-refractivity contribution in [2.45, 2.75) is 0 Å². The Balaban J connectivity index is 0.000000560. The van der Waals surface area contributed by atoms with E-state index in [-0.39, 0.29) is 0 Å². The first-order valence-corrected chi connectivity index (χ1v) is 11.2. The van der Waals surface area contributed by atoms with Gasteiger partial charge in [0.15, 0.2) is 0 Å². The zero-order chi connectivity index (χ0) is 23.5. The van der Waals surface area contributed by atoms with Crippen LogP contribution in [-0.4, -0.2) is 22.4 Å². The smallest absolute Gasteiger partial charge is 0.402 e. The molecular formula is C30H23BO3. The summed E-state index contributed by atoms with van der Waals surface area (Å²) >= 11 is 0. The molecule has 0 radical (unpaired) electrons. The van der Waals surface area contributed by atoms with Gasteiger partial charge in [-0.25, -0.2) is 0 Å².